The highest BCUT2D eigenvalue weighted by Crippen LogP contribution is 2.44. The number of carbonyl (C=O) groups is 2. The highest BCUT2D eigenvalue weighted by Gasteiger charge is 2.29. The molecule has 1 atom stereocenters. The molecule has 0 bridgehead atoms. The number of nitrogens with one attached hydrogen (secondary N) is 1. The molecule has 0 fully saturated rings. The molecule has 6 heteroatoms. The van der Waals surface area contributed by atoms with Gasteiger partial charge in [-0.25, -0.2) is 9.59 Å². The van der Waals surface area contributed by atoms with Gasteiger partial charge in [-0.05, 0) is 39.9 Å². The van der Waals surface area contributed by atoms with Crippen molar-refractivity contribution in [2.24, 2.45) is 0 Å². The first-order chi connectivity index (χ1) is 17.1. The fourth-order valence-electron chi connectivity index (χ4n) is 4.59. The lowest BCUT2D eigenvalue weighted by molar-refractivity contribution is -0.139. The SMILES string of the molecule is O=C(N[C@H](Cc1ccnc(-c2ccccc2)c1)C(=O)O)OCC1c2ccccc2-c2ccccc21. The van der Waals surface area contributed by atoms with Crippen LogP contribution in [0.3, 0.4) is 0 Å². The van der Waals surface area contributed by atoms with Crippen LogP contribution in [0.4, 0.5) is 4.79 Å². The number of ether oxygens (including phenoxy) is 1. The molecule has 3 aromatic carbocycles. The highest BCUT2D eigenvalue weighted by atomic mass is 16.5. The lowest BCUT2D eigenvalue weighted by atomic mass is 9.98. The monoisotopic (exact) mass is 464 g/mol. The van der Waals surface area contributed by atoms with Crippen molar-refractivity contribution in [2.75, 3.05) is 6.61 Å². The lowest BCUT2D eigenvalue weighted by Crippen LogP contribution is -2.42. The van der Waals surface area contributed by atoms with Crippen LogP contribution in [0.1, 0.15) is 22.6 Å². The topological polar surface area (TPSA) is 88.5 Å². The Morgan fingerprint density at radius 3 is 2.17 bits per heavy atom. The Morgan fingerprint density at radius 1 is 0.886 bits per heavy atom. The van der Waals surface area contributed by atoms with Crippen LogP contribution in [0, 0.1) is 0 Å². The van der Waals surface area contributed by atoms with Crippen molar-refractivity contribution in [1.82, 2.24) is 10.3 Å². The first kappa shape index (κ1) is 22.3. The summed E-state index contributed by atoms with van der Waals surface area (Å²) in [5.74, 6) is -1.22. The molecule has 0 spiro atoms. The maximum atomic E-state index is 12.6. The van der Waals surface area contributed by atoms with Crippen molar-refractivity contribution in [2.45, 2.75) is 18.4 Å². The number of aromatic nitrogens is 1. The average Bonchev–Trinajstić information content (AvgIpc) is 3.21. The molecule has 1 amide bonds. The third kappa shape index (κ3) is 4.77. The number of fused-ring (bicyclic) bond motifs is 3. The number of alkyl carbamates (subject to hydrolysis) is 1. The third-order valence-corrected chi connectivity index (χ3v) is 6.27. The molecule has 0 aliphatic heterocycles. The Labute approximate surface area is 203 Å². The smallest absolute Gasteiger partial charge is 0.407 e. The molecule has 2 N–H and O–H groups in total. The normalized spacial score (nSPS) is 12.9. The molecule has 0 saturated heterocycles. The molecular weight excluding hydrogens is 440 g/mol. The van der Waals surface area contributed by atoms with Gasteiger partial charge in [0.2, 0.25) is 0 Å². The molecule has 4 aromatic rings. The minimum Gasteiger partial charge on any atom is -0.480 e. The summed E-state index contributed by atoms with van der Waals surface area (Å²) in [6.45, 7) is 0.125. The number of amides is 1. The third-order valence-electron chi connectivity index (χ3n) is 6.27. The maximum absolute atomic E-state index is 12.6. The van der Waals surface area contributed by atoms with E-state index < -0.39 is 18.1 Å². The van der Waals surface area contributed by atoms with Crippen LogP contribution in [0.5, 0.6) is 0 Å². The molecule has 6 nitrogen and oxygen atoms in total. The van der Waals surface area contributed by atoms with E-state index >= 15 is 0 Å². The van der Waals surface area contributed by atoms with E-state index in [-0.39, 0.29) is 18.9 Å². The summed E-state index contributed by atoms with van der Waals surface area (Å²) in [6, 6.07) is 28.2. The molecule has 174 valence electrons. The minimum absolute atomic E-state index is 0.0925. The van der Waals surface area contributed by atoms with Crippen molar-refractivity contribution < 1.29 is 19.4 Å². The van der Waals surface area contributed by atoms with Crippen molar-refractivity contribution >= 4 is 12.1 Å². The molecule has 0 unspecified atom stereocenters. The molecule has 1 aromatic heterocycles. The van der Waals surface area contributed by atoms with E-state index in [9.17, 15) is 14.7 Å². The second-order valence-corrected chi connectivity index (χ2v) is 8.48. The van der Waals surface area contributed by atoms with Crippen molar-refractivity contribution in [3.63, 3.8) is 0 Å². The Kier molecular flexibility index (Phi) is 6.26. The Hall–Kier alpha value is -4.45. The average molecular weight is 465 g/mol. The lowest BCUT2D eigenvalue weighted by Gasteiger charge is -2.18. The first-order valence-corrected chi connectivity index (χ1v) is 11.4. The van der Waals surface area contributed by atoms with Gasteiger partial charge in [-0.2, -0.15) is 0 Å². The van der Waals surface area contributed by atoms with Crippen LogP contribution in [0.2, 0.25) is 0 Å². The fraction of sp³-hybridized carbons (Fsp3) is 0.138. The van der Waals surface area contributed by atoms with Crippen LogP contribution >= 0.6 is 0 Å². The molecule has 1 aliphatic carbocycles. The van der Waals surface area contributed by atoms with Crippen LogP contribution in [0.25, 0.3) is 22.4 Å². The number of rotatable bonds is 7. The Bertz CT molecular complexity index is 1320. The van der Waals surface area contributed by atoms with Gasteiger partial charge in [0, 0.05) is 24.1 Å². The number of pyridine rings is 1. The number of benzene rings is 3. The summed E-state index contributed by atoms with van der Waals surface area (Å²) in [6.07, 6.45) is 1.00. The van der Waals surface area contributed by atoms with Gasteiger partial charge in [0.15, 0.2) is 0 Å². The van der Waals surface area contributed by atoms with Crippen LogP contribution in [0.15, 0.2) is 97.2 Å². The number of carboxylic acids is 1. The summed E-state index contributed by atoms with van der Waals surface area (Å²) in [7, 11) is 0. The van der Waals surface area contributed by atoms with Gasteiger partial charge < -0.3 is 15.2 Å². The molecule has 0 radical (unpaired) electrons. The van der Waals surface area contributed by atoms with Gasteiger partial charge in [0.1, 0.15) is 12.6 Å². The van der Waals surface area contributed by atoms with E-state index in [1.807, 2.05) is 72.8 Å². The summed E-state index contributed by atoms with van der Waals surface area (Å²) in [5.41, 5.74) is 6.90. The zero-order chi connectivity index (χ0) is 24.2. The second-order valence-electron chi connectivity index (χ2n) is 8.48. The van der Waals surface area contributed by atoms with Crippen molar-refractivity contribution in [3.8, 4) is 22.4 Å². The van der Waals surface area contributed by atoms with Gasteiger partial charge in [-0.3, -0.25) is 4.98 Å². The summed E-state index contributed by atoms with van der Waals surface area (Å²) >= 11 is 0. The molecule has 0 saturated carbocycles. The quantitative estimate of drug-likeness (QED) is 0.388. The number of carbonyl (C=O) groups excluding carboxylic acids is 1. The number of aliphatic carboxylic acids is 1. The van der Waals surface area contributed by atoms with Crippen LogP contribution < -0.4 is 5.32 Å². The van der Waals surface area contributed by atoms with E-state index in [1.165, 1.54) is 0 Å². The predicted octanol–water partition coefficient (Wildman–Crippen LogP) is 5.28. The maximum Gasteiger partial charge on any atom is 0.407 e. The predicted molar refractivity (Wildman–Crippen MR) is 133 cm³/mol. The van der Waals surface area contributed by atoms with E-state index in [1.54, 1.807) is 12.3 Å². The number of nitrogens with zero attached hydrogens (tertiary/aromatic N) is 1. The van der Waals surface area contributed by atoms with Gasteiger partial charge in [-0.1, -0.05) is 78.9 Å². The summed E-state index contributed by atoms with van der Waals surface area (Å²) in [4.78, 5) is 28.9. The van der Waals surface area contributed by atoms with E-state index in [0.29, 0.717) is 0 Å². The van der Waals surface area contributed by atoms with E-state index in [0.717, 1.165) is 39.1 Å². The number of hydrogen-bond donors (Lipinski definition) is 2. The number of hydrogen-bond acceptors (Lipinski definition) is 4. The highest BCUT2D eigenvalue weighted by molar-refractivity contribution is 5.81. The fourth-order valence-corrected chi connectivity index (χ4v) is 4.59. The second kappa shape index (κ2) is 9.81. The standard InChI is InChI=1S/C29H24N2O4/c32-28(33)27(17-19-14-15-30-26(16-19)20-8-2-1-3-9-20)31-29(34)35-18-25-23-12-6-4-10-21(23)22-11-5-7-13-24(22)25/h1-16,25,27H,17-18H2,(H,31,34)(H,32,33)/t27-/m1/s1. The molecule has 35 heavy (non-hydrogen) atoms. The van der Waals surface area contributed by atoms with Gasteiger partial charge in [0.25, 0.3) is 0 Å². The zero-order valence-corrected chi connectivity index (χ0v) is 18.9. The van der Waals surface area contributed by atoms with E-state index in [4.69, 9.17) is 4.74 Å². The van der Waals surface area contributed by atoms with Gasteiger partial charge in [-0.15, -0.1) is 0 Å². The van der Waals surface area contributed by atoms with Crippen LogP contribution in [-0.4, -0.2) is 34.8 Å². The van der Waals surface area contributed by atoms with Crippen molar-refractivity contribution in [1.29, 1.82) is 0 Å². The Balaban J connectivity index is 1.26. The molecule has 5 rings (SSSR count). The largest absolute Gasteiger partial charge is 0.480 e. The molecular formula is C29H24N2O4. The summed E-state index contributed by atoms with van der Waals surface area (Å²) < 4.78 is 5.53. The zero-order valence-electron chi connectivity index (χ0n) is 18.9. The van der Waals surface area contributed by atoms with Crippen LogP contribution in [-0.2, 0) is 16.0 Å². The summed E-state index contributed by atoms with van der Waals surface area (Å²) in [5, 5.41) is 12.2. The van der Waals surface area contributed by atoms with Gasteiger partial charge in [0.05, 0.1) is 5.69 Å². The number of carboxylic acid groups (broad SMARTS) is 1. The van der Waals surface area contributed by atoms with Gasteiger partial charge >= 0.3 is 12.1 Å². The molecule has 1 aliphatic rings. The van der Waals surface area contributed by atoms with Crippen molar-refractivity contribution in [3.05, 3.63) is 114 Å². The van der Waals surface area contributed by atoms with E-state index in [2.05, 4.69) is 22.4 Å². The Morgan fingerprint density at radius 2 is 1.51 bits per heavy atom. The molecule has 1 heterocycles. The first-order valence-electron chi connectivity index (χ1n) is 11.4. The minimum atomic E-state index is -1.13.